The first kappa shape index (κ1) is 10.9. The van der Waals surface area contributed by atoms with Crippen molar-refractivity contribution >= 4 is 11.9 Å². The Bertz CT molecular complexity index is 176. The lowest BCUT2D eigenvalue weighted by atomic mass is 9.94. The molecule has 69 valence electrons. The minimum absolute atomic E-state index is 0.0984. The van der Waals surface area contributed by atoms with Crippen LogP contribution in [0.1, 0.15) is 19.8 Å². The Kier molecular flexibility index (Phi) is 4.33. The Hall–Kier alpha value is -1.06. The van der Waals surface area contributed by atoms with Gasteiger partial charge in [0.15, 0.2) is 0 Å². The summed E-state index contributed by atoms with van der Waals surface area (Å²) < 4.78 is 0. The van der Waals surface area contributed by atoms with Gasteiger partial charge in [-0.25, -0.2) is 0 Å². The number of carboxylic acid groups (broad SMARTS) is 2. The highest BCUT2D eigenvalue weighted by molar-refractivity contribution is 5.74. The molecule has 2 unspecified atom stereocenters. The van der Waals surface area contributed by atoms with E-state index in [2.05, 4.69) is 6.92 Å². The van der Waals surface area contributed by atoms with Crippen molar-refractivity contribution in [2.75, 3.05) is 0 Å². The number of carboxylic acids is 2. The smallest absolute Gasteiger partial charge is 0.306 e. The van der Waals surface area contributed by atoms with Crippen LogP contribution in [0.4, 0.5) is 0 Å². The molecule has 12 heavy (non-hydrogen) atoms. The third-order valence-corrected chi connectivity index (χ3v) is 1.76. The second-order valence-corrected chi connectivity index (χ2v) is 2.71. The van der Waals surface area contributed by atoms with E-state index in [-0.39, 0.29) is 6.42 Å². The maximum Gasteiger partial charge on any atom is 0.306 e. The summed E-state index contributed by atoms with van der Waals surface area (Å²) in [5.41, 5.74) is 0. The van der Waals surface area contributed by atoms with Crippen LogP contribution >= 0.6 is 0 Å². The lowest BCUT2D eigenvalue weighted by Crippen LogP contribution is -2.20. The van der Waals surface area contributed by atoms with Crippen LogP contribution in [0.3, 0.4) is 0 Å². The van der Waals surface area contributed by atoms with Crippen molar-refractivity contribution in [2.24, 2.45) is 11.8 Å². The van der Waals surface area contributed by atoms with Crippen molar-refractivity contribution in [1.29, 1.82) is 0 Å². The molecule has 0 aromatic heterocycles. The molecule has 4 heteroatoms. The number of hydrogen-bond acceptors (Lipinski definition) is 2. The number of carbonyl (C=O) groups is 2. The molecule has 2 N–H and O–H groups in total. The van der Waals surface area contributed by atoms with Crippen LogP contribution in [0.25, 0.3) is 0 Å². The number of aliphatic carboxylic acids is 2. The largest absolute Gasteiger partial charge is 0.481 e. The monoisotopic (exact) mass is 173 g/mol. The second kappa shape index (κ2) is 4.74. The van der Waals surface area contributed by atoms with Gasteiger partial charge in [0.05, 0.1) is 11.8 Å². The summed E-state index contributed by atoms with van der Waals surface area (Å²) in [6.07, 6.45) is 0.538. The van der Waals surface area contributed by atoms with Crippen molar-refractivity contribution in [2.45, 2.75) is 19.8 Å². The van der Waals surface area contributed by atoms with E-state index < -0.39 is 23.8 Å². The van der Waals surface area contributed by atoms with Gasteiger partial charge in [-0.15, -0.1) is 0 Å². The minimum atomic E-state index is -1.05. The molecule has 1 radical (unpaired) electrons. The van der Waals surface area contributed by atoms with Gasteiger partial charge in [-0.2, -0.15) is 0 Å². The normalized spacial score (nSPS) is 15.2. The third-order valence-electron chi connectivity index (χ3n) is 1.76. The fraction of sp³-hybridized carbons (Fsp3) is 0.625. The van der Waals surface area contributed by atoms with Crippen LogP contribution < -0.4 is 0 Å². The van der Waals surface area contributed by atoms with E-state index in [0.29, 0.717) is 6.42 Å². The summed E-state index contributed by atoms with van der Waals surface area (Å²) >= 11 is 0. The summed E-state index contributed by atoms with van der Waals surface area (Å²) in [5.74, 6) is -3.42. The molecule has 0 amide bonds. The quantitative estimate of drug-likeness (QED) is 0.651. The zero-order chi connectivity index (χ0) is 9.72. The second-order valence-electron chi connectivity index (χ2n) is 2.71. The van der Waals surface area contributed by atoms with Gasteiger partial charge >= 0.3 is 11.9 Å². The van der Waals surface area contributed by atoms with E-state index in [1.807, 2.05) is 0 Å². The first-order valence-corrected chi connectivity index (χ1v) is 3.77. The van der Waals surface area contributed by atoms with Crippen LogP contribution in [0.5, 0.6) is 0 Å². The standard InChI is InChI=1S/C8H13O4/c1-3-6(8(11)12)4-5(2)7(9)10/h5-6H,2-4H2,1H3,(H,9,10)(H,11,12). The molecule has 0 heterocycles. The van der Waals surface area contributed by atoms with Crippen LogP contribution in [0, 0.1) is 18.8 Å². The molecule has 0 aliphatic carbocycles. The van der Waals surface area contributed by atoms with Crippen molar-refractivity contribution in [3.63, 3.8) is 0 Å². The number of hydrogen-bond donors (Lipinski definition) is 2. The van der Waals surface area contributed by atoms with Crippen molar-refractivity contribution in [3.8, 4) is 0 Å². The highest BCUT2D eigenvalue weighted by Crippen LogP contribution is 2.15. The average molecular weight is 173 g/mol. The van der Waals surface area contributed by atoms with Crippen molar-refractivity contribution < 1.29 is 19.8 Å². The molecule has 2 atom stereocenters. The highest BCUT2D eigenvalue weighted by Gasteiger charge is 2.21. The molecule has 4 nitrogen and oxygen atoms in total. The Morgan fingerprint density at radius 2 is 1.83 bits per heavy atom. The maximum atomic E-state index is 10.5. The minimum Gasteiger partial charge on any atom is -0.481 e. The average Bonchev–Trinajstić information content (AvgIpc) is 1.98. The lowest BCUT2D eigenvalue weighted by Gasteiger charge is -2.11. The fourth-order valence-electron chi connectivity index (χ4n) is 0.886. The molecule has 0 aliphatic heterocycles. The summed E-state index contributed by atoms with van der Waals surface area (Å²) in [6, 6.07) is 0. The van der Waals surface area contributed by atoms with Gasteiger partial charge in [0, 0.05) is 0 Å². The van der Waals surface area contributed by atoms with E-state index in [1.54, 1.807) is 6.92 Å². The fourth-order valence-corrected chi connectivity index (χ4v) is 0.886. The van der Waals surface area contributed by atoms with Gasteiger partial charge in [0.2, 0.25) is 0 Å². The van der Waals surface area contributed by atoms with Gasteiger partial charge in [-0.05, 0) is 19.8 Å². The Morgan fingerprint density at radius 1 is 1.33 bits per heavy atom. The third kappa shape index (κ3) is 3.37. The van der Waals surface area contributed by atoms with Crippen LogP contribution in [-0.2, 0) is 9.59 Å². The molecule has 0 aromatic rings. The van der Waals surface area contributed by atoms with E-state index in [9.17, 15) is 9.59 Å². The predicted molar refractivity (Wildman–Crippen MR) is 42.5 cm³/mol. The Balaban J connectivity index is 4.02. The van der Waals surface area contributed by atoms with Gasteiger partial charge < -0.3 is 10.2 Å². The molecule has 0 saturated heterocycles. The number of rotatable bonds is 5. The van der Waals surface area contributed by atoms with Crippen LogP contribution in [0.15, 0.2) is 0 Å². The van der Waals surface area contributed by atoms with Crippen molar-refractivity contribution in [1.82, 2.24) is 0 Å². The molecule has 0 saturated carbocycles. The SMILES string of the molecule is [CH2]C(CC(CC)C(=O)O)C(=O)O. The van der Waals surface area contributed by atoms with Crippen molar-refractivity contribution in [3.05, 3.63) is 6.92 Å². The molecule has 0 aliphatic rings. The summed E-state index contributed by atoms with van der Waals surface area (Å²) in [5, 5.41) is 17.0. The summed E-state index contributed by atoms with van der Waals surface area (Å²) in [6.45, 7) is 5.06. The van der Waals surface area contributed by atoms with E-state index >= 15 is 0 Å². The zero-order valence-corrected chi connectivity index (χ0v) is 6.99. The molecule has 0 bridgehead atoms. The van der Waals surface area contributed by atoms with Gasteiger partial charge in [-0.1, -0.05) is 6.92 Å². The summed E-state index contributed by atoms with van der Waals surface area (Å²) in [7, 11) is 0. The molecule has 0 fully saturated rings. The van der Waals surface area contributed by atoms with Gasteiger partial charge in [0.25, 0.3) is 0 Å². The zero-order valence-electron chi connectivity index (χ0n) is 6.99. The first-order chi connectivity index (χ1) is 5.49. The molecular weight excluding hydrogens is 160 g/mol. The topological polar surface area (TPSA) is 74.6 Å². The molecular formula is C8H13O4. The highest BCUT2D eigenvalue weighted by atomic mass is 16.4. The lowest BCUT2D eigenvalue weighted by molar-refractivity contribution is -0.144. The maximum absolute atomic E-state index is 10.5. The molecule has 0 aromatic carbocycles. The Labute approximate surface area is 71.2 Å². The van der Waals surface area contributed by atoms with E-state index in [0.717, 1.165) is 0 Å². The van der Waals surface area contributed by atoms with E-state index in [4.69, 9.17) is 10.2 Å². The van der Waals surface area contributed by atoms with Crippen LogP contribution in [0.2, 0.25) is 0 Å². The van der Waals surface area contributed by atoms with Gasteiger partial charge in [-0.3, -0.25) is 9.59 Å². The van der Waals surface area contributed by atoms with E-state index in [1.165, 1.54) is 0 Å². The van der Waals surface area contributed by atoms with Gasteiger partial charge in [0.1, 0.15) is 0 Å². The molecule has 0 rings (SSSR count). The predicted octanol–water partition coefficient (Wildman–Crippen LogP) is 1.02. The molecule has 0 spiro atoms. The first-order valence-electron chi connectivity index (χ1n) is 3.77. The van der Waals surface area contributed by atoms with Crippen LogP contribution in [-0.4, -0.2) is 22.2 Å². The Morgan fingerprint density at radius 3 is 2.08 bits per heavy atom. The summed E-state index contributed by atoms with van der Waals surface area (Å²) in [4.78, 5) is 20.8.